The summed E-state index contributed by atoms with van der Waals surface area (Å²) in [6.45, 7) is 0.879. The lowest BCUT2D eigenvalue weighted by Crippen LogP contribution is -2.30. The van der Waals surface area contributed by atoms with Crippen LogP contribution in [0.4, 0.5) is 10.1 Å². The largest absolute Gasteiger partial charge is 0.330 e. The van der Waals surface area contributed by atoms with E-state index in [0.29, 0.717) is 17.8 Å². The first-order chi connectivity index (χ1) is 17.4. The summed E-state index contributed by atoms with van der Waals surface area (Å²) in [6.07, 6.45) is 0. The van der Waals surface area contributed by atoms with Crippen molar-refractivity contribution in [2.45, 2.75) is 19.6 Å². The molecule has 0 aliphatic rings. The fraction of sp³-hybridized carbons (Fsp3) is 0.103. The molecule has 0 bridgehead atoms. The van der Waals surface area contributed by atoms with Crippen LogP contribution in [0.5, 0.6) is 0 Å². The zero-order valence-electron chi connectivity index (χ0n) is 19.5. The van der Waals surface area contributed by atoms with E-state index in [1.165, 1.54) is 18.2 Å². The summed E-state index contributed by atoms with van der Waals surface area (Å²) in [7, 11) is 0. The van der Waals surface area contributed by atoms with E-state index >= 15 is 0 Å². The molecule has 0 aromatic heterocycles. The summed E-state index contributed by atoms with van der Waals surface area (Å²) in [5, 5.41) is 2.96. The quantitative estimate of drug-likeness (QED) is 0.279. The normalized spacial score (nSPS) is 10.6. The van der Waals surface area contributed by atoms with Crippen molar-refractivity contribution in [3.05, 3.63) is 135 Å². The van der Waals surface area contributed by atoms with E-state index in [-0.39, 0.29) is 30.5 Å². The Morgan fingerprint density at radius 3 is 2.31 bits per heavy atom. The van der Waals surface area contributed by atoms with Crippen molar-refractivity contribution in [1.82, 2.24) is 4.90 Å². The number of benzene rings is 4. The van der Waals surface area contributed by atoms with Gasteiger partial charge in [0.2, 0.25) is 0 Å². The SMILES string of the molecule is NCc1cccc(CN(Cc2ccccc2NC(=O)c2cccc(Br)c2)C(=O)c2cccc(F)c2)c1. The van der Waals surface area contributed by atoms with E-state index in [0.717, 1.165) is 21.2 Å². The minimum absolute atomic E-state index is 0.205. The maximum absolute atomic E-state index is 13.9. The van der Waals surface area contributed by atoms with Gasteiger partial charge in [0.05, 0.1) is 0 Å². The Balaban J connectivity index is 1.64. The van der Waals surface area contributed by atoms with Crippen molar-refractivity contribution in [1.29, 1.82) is 0 Å². The van der Waals surface area contributed by atoms with Crippen LogP contribution in [0.15, 0.2) is 102 Å². The number of nitrogens with zero attached hydrogens (tertiary/aromatic N) is 1. The number of hydrogen-bond acceptors (Lipinski definition) is 3. The predicted octanol–water partition coefficient (Wildman–Crippen LogP) is 6.14. The standard InChI is InChI=1S/C29H25BrFN3O2/c30-25-11-4-9-22(15-25)28(35)33-27-13-2-1-8-24(27)19-34(18-21-7-3-6-20(14-21)17-32)29(36)23-10-5-12-26(31)16-23/h1-16H,17-19,32H2,(H,33,35). The van der Waals surface area contributed by atoms with Crippen LogP contribution in [0, 0.1) is 5.82 Å². The van der Waals surface area contributed by atoms with Gasteiger partial charge in [-0.25, -0.2) is 4.39 Å². The Kier molecular flexibility index (Phi) is 8.25. The molecule has 4 aromatic carbocycles. The zero-order chi connectivity index (χ0) is 25.5. The molecule has 4 rings (SSSR count). The summed E-state index contributed by atoms with van der Waals surface area (Å²) >= 11 is 3.39. The first-order valence-corrected chi connectivity index (χ1v) is 12.2. The second-order valence-corrected chi connectivity index (χ2v) is 9.23. The molecule has 0 saturated heterocycles. The number of amides is 2. The lowest BCUT2D eigenvalue weighted by Gasteiger charge is -2.25. The molecule has 0 fully saturated rings. The molecule has 0 aliphatic heterocycles. The number of carbonyl (C=O) groups excluding carboxylic acids is 2. The first-order valence-electron chi connectivity index (χ1n) is 11.4. The molecule has 3 N–H and O–H groups in total. The lowest BCUT2D eigenvalue weighted by molar-refractivity contribution is 0.0730. The highest BCUT2D eigenvalue weighted by Crippen LogP contribution is 2.22. The molecule has 2 amide bonds. The summed E-state index contributed by atoms with van der Waals surface area (Å²) in [5.41, 5.74) is 9.75. The Labute approximate surface area is 217 Å². The molecule has 36 heavy (non-hydrogen) atoms. The van der Waals surface area contributed by atoms with Gasteiger partial charge in [0.1, 0.15) is 5.82 Å². The van der Waals surface area contributed by atoms with E-state index in [2.05, 4.69) is 21.2 Å². The Morgan fingerprint density at radius 2 is 1.53 bits per heavy atom. The molecular formula is C29H25BrFN3O2. The average molecular weight is 546 g/mol. The number of rotatable bonds is 8. The van der Waals surface area contributed by atoms with Gasteiger partial charge in [-0.05, 0) is 59.2 Å². The molecule has 0 radical (unpaired) electrons. The van der Waals surface area contributed by atoms with E-state index < -0.39 is 5.82 Å². The third-order valence-corrected chi connectivity index (χ3v) is 6.17. The summed E-state index contributed by atoms with van der Waals surface area (Å²) in [4.78, 5) is 28.0. The van der Waals surface area contributed by atoms with Gasteiger partial charge in [-0.3, -0.25) is 9.59 Å². The van der Waals surface area contributed by atoms with E-state index in [9.17, 15) is 14.0 Å². The molecular weight excluding hydrogens is 521 g/mol. The summed E-state index contributed by atoms with van der Waals surface area (Å²) in [5.74, 6) is -1.06. The molecule has 5 nitrogen and oxygen atoms in total. The molecule has 0 saturated carbocycles. The Bertz CT molecular complexity index is 1390. The maximum atomic E-state index is 13.9. The molecule has 7 heteroatoms. The smallest absolute Gasteiger partial charge is 0.255 e. The molecule has 0 aliphatic carbocycles. The van der Waals surface area contributed by atoms with Crippen LogP contribution in [0.2, 0.25) is 0 Å². The van der Waals surface area contributed by atoms with E-state index in [1.807, 2.05) is 48.5 Å². The van der Waals surface area contributed by atoms with Crippen molar-refractivity contribution >= 4 is 33.4 Å². The number of nitrogens with one attached hydrogen (secondary N) is 1. The van der Waals surface area contributed by atoms with Gasteiger partial charge < -0.3 is 16.0 Å². The van der Waals surface area contributed by atoms with Crippen molar-refractivity contribution in [3.8, 4) is 0 Å². The van der Waals surface area contributed by atoms with Crippen LogP contribution in [0.25, 0.3) is 0 Å². The Morgan fingerprint density at radius 1 is 0.806 bits per heavy atom. The minimum Gasteiger partial charge on any atom is -0.330 e. The Hall–Kier alpha value is -3.81. The average Bonchev–Trinajstić information content (AvgIpc) is 2.89. The monoisotopic (exact) mass is 545 g/mol. The van der Waals surface area contributed by atoms with Gasteiger partial charge >= 0.3 is 0 Å². The van der Waals surface area contributed by atoms with E-state index in [1.54, 1.807) is 35.2 Å². The van der Waals surface area contributed by atoms with Gasteiger partial charge in [0.15, 0.2) is 0 Å². The predicted molar refractivity (Wildman–Crippen MR) is 143 cm³/mol. The van der Waals surface area contributed by atoms with Crippen molar-refractivity contribution in [2.24, 2.45) is 5.73 Å². The van der Waals surface area contributed by atoms with Crippen molar-refractivity contribution in [2.75, 3.05) is 5.32 Å². The van der Waals surface area contributed by atoms with E-state index in [4.69, 9.17) is 5.73 Å². The van der Waals surface area contributed by atoms with Gasteiger partial charge in [0.25, 0.3) is 11.8 Å². The molecule has 0 heterocycles. The van der Waals surface area contributed by atoms with Gasteiger partial charge in [-0.2, -0.15) is 0 Å². The number of para-hydroxylation sites is 1. The highest BCUT2D eigenvalue weighted by molar-refractivity contribution is 9.10. The molecule has 0 unspecified atom stereocenters. The van der Waals surface area contributed by atoms with Crippen LogP contribution in [-0.2, 0) is 19.6 Å². The highest BCUT2D eigenvalue weighted by Gasteiger charge is 2.20. The molecule has 0 atom stereocenters. The first kappa shape index (κ1) is 25.3. The van der Waals surface area contributed by atoms with Crippen molar-refractivity contribution in [3.63, 3.8) is 0 Å². The molecule has 0 spiro atoms. The van der Waals surface area contributed by atoms with Crippen molar-refractivity contribution < 1.29 is 14.0 Å². The third-order valence-electron chi connectivity index (χ3n) is 5.67. The topological polar surface area (TPSA) is 75.4 Å². The summed E-state index contributed by atoms with van der Waals surface area (Å²) in [6, 6.07) is 27.8. The second kappa shape index (κ2) is 11.7. The zero-order valence-corrected chi connectivity index (χ0v) is 21.0. The van der Waals surface area contributed by atoms with Gasteiger partial charge in [0, 0.05) is 40.9 Å². The number of hydrogen-bond donors (Lipinski definition) is 2. The highest BCUT2D eigenvalue weighted by atomic mass is 79.9. The third kappa shape index (κ3) is 6.44. The minimum atomic E-state index is -0.479. The van der Waals surface area contributed by atoms with Crippen LogP contribution >= 0.6 is 15.9 Å². The van der Waals surface area contributed by atoms with Crippen LogP contribution < -0.4 is 11.1 Å². The number of carbonyl (C=O) groups is 2. The number of anilines is 1. The van der Waals surface area contributed by atoms with Crippen LogP contribution in [0.3, 0.4) is 0 Å². The molecule has 4 aromatic rings. The number of nitrogens with two attached hydrogens (primary N) is 1. The van der Waals surface area contributed by atoms with Gasteiger partial charge in [-0.1, -0.05) is 70.5 Å². The molecule has 182 valence electrons. The van der Waals surface area contributed by atoms with Crippen LogP contribution in [0.1, 0.15) is 37.4 Å². The fourth-order valence-corrected chi connectivity index (χ4v) is 4.29. The van der Waals surface area contributed by atoms with Gasteiger partial charge in [-0.15, -0.1) is 0 Å². The summed E-state index contributed by atoms with van der Waals surface area (Å²) < 4.78 is 14.7. The maximum Gasteiger partial charge on any atom is 0.255 e. The number of halogens is 2. The second-order valence-electron chi connectivity index (χ2n) is 8.32. The fourth-order valence-electron chi connectivity index (χ4n) is 3.89. The lowest BCUT2D eigenvalue weighted by atomic mass is 10.1. The van der Waals surface area contributed by atoms with Crippen LogP contribution in [-0.4, -0.2) is 16.7 Å².